The average molecular weight is 651 g/mol. The van der Waals surface area contributed by atoms with Gasteiger partial charge in [-0.3, -0.25) is 4.79 Å². The molecule has 0 saturated heterocycles. The van der Waals surface area contributed by atoms with E-state index in [1.807, 2.05) is 0 Å². The molecule has 1 atom stereocenters. The van der Waals surface area contributed by atoms with Crippen LogP contribution in [0.3, 0.4) is 0 Å². The number of carbonyl (C=O) groups is 2. The van der Waals surface area contributed by atoms with Crippen LogP contribution in [0.2, 0.25) is 0 Å². The van der Waals surface area contributed by atoms with Crippen molar-refractivity contribution < 1.29 is 97.1 Å². The van der Waals surface area contributed by atoms with Crippen molar-refractivity contribution in [2.45, 2.75) is 103 Å². The van der Waals surface area contributed by atoms with E-state index in [2.05, 4.69) is 94.3 Å². The quantitative estimate of drug-likeness (QED) is 0.0374. The third-order valence-electron chi connectivity index (χ3n) is 5.33. The normalized spacial score (nSPS) is 9.33. The monoisotopic (exact) mass is 650 g/mol. The second-order valence-electron chi connectivity index (χ2n) is 8.97. The van der Waals surface area contributed by atoms with E-state index in [1.165, 1.54) is 51.4 Å². The molecule has 0 heterocycles. The number of phosphoric ester groups is 1. The topological polar surface area (TPSA) is 125 Å². The summed E-state index contributed by atoms with van der Waals surface area (Å²) in [7, 11) is -5.32. The first kappa shape index (κ1) is 47.4. The Morgan fingerprint density at radius 2 is 1.07 bits per heavy atom. The van der Waals surface area contributed by atoms with Crippen LogP contribution in [0.25, 0.3) is 0 Å². The zero-order valence-corrected chi connectivity index (χ0v) is 31.8. The van der Waals surface area contributed by atoms with Crippen LogP contribution in [0, 0.1) is 82.9 Å². The predicted molar refractivity (Wildman–Crippen MR) is 160 cm³/mol. The number of unbranched alkanes of at least 4 members (excludes halogenated alkanes) is 11. The number of hydrogen-bond donors (Lipinski definition) is 0. The fourth-order valence-corrected chi connectivity index (χ4v) is 3.66. The van der Waals surface area contributed by atoms with E-state index in [4.69, 9.17) is 9.47 Å². The van der Waals surface area contributed by atoms with Gasteiger partial charge in [0, 0.05) is 12.3 Å². The van der Waals surface area contributed by atoms with Gasteiger partial charge < -0.3 is 28.3 Å². The van der Waals surface area contributed by atoms with Crippen LogP contribution < -0.4 is 68.9 Å². The second-order valence-corrected chi connectivity index (χ2v) is 10.1. The van der Waals surface area contributed by atoms with Crippen LogP contribution in [-0.4, -0.2) is 31.3 Å². The molecule has 0 spiro atoms. The van der Waals surface area contributed by atoms with Crippen molar-refractivity contribution in [1.29, 1.82) is 0 Å². The zero-order valence-electron chi connectivity index (χ0n) is 26.9. The minimum Gasteiger partial charge on any atom is -0.790 e. The Morgan fingerprint density at radius 3 is 1.51 bits per heavy atom. The first-order chi connectivity index (χ1) is 20.8. The van der Waals surface area contributed by atoms with E-state index in [1.54, 1.807) is 6.92 Å². The molecule has 0 aliphatic rings. The van der Waals surface area contributed by atoms with Crippen molar-refractivity contribution in [3.8, 4) is 82.9 Å². The van der Waals surface area contributed by atoms with Gasteiger partial charge in [0.1, 0.15) is 6.61 Å². The van der Waals surface area contributed by atoms with E-state index in [0.717, 1.165) is 19.3 Å². The molecule has 0 fully saturated rings. The maximum Gasteiger partial charge on any atom is 1.00 e. The molecule has 0 unspecified atom stereocenters. The Morgan fingerprint density at radius 1 is 0.644 bits per heavy atom. The number of ether oxygens (including phenoxy) is 2. The van der Waals surface area contributed by atoms with Gasteiger partial charge in [0.2, 0.25) is 0 Å². The smallest absolute Gasteiger partial charge is 0.790 e. The Kier molecular flexibility index (Phi) is 36.7. The fourth-order valence-electron chi connectivity index (χ4n) is 3.31. The molecular weight excluding hydrogens is 613 g/mol. The Bertz CT molecular complexity index is 1350. The average Bonchev–Trinajstić information content (AvgIpc) is 2.97. The summed E-state index contributed by atoms with van der Waals surface area (Å²) >= 11 is 0. The molecule has 8 nitrogen and oxygen atoms in total. The van der Waals surface area contributed by atoms with Crippen molar-refractivity contribution >= 4 is 19.8 Å². The molecule has 0 aromatic rings. The molecule has 45 heavy (non-hydrogen) atoms. The summed E-state index contributed by atoms with van der Waals surface area (Å²) in [6, 6.07) is 0. The van der Waals surface area contributed by atoms with E-state index in [0.29, 0.717) is 6.42 Å². The molecule has 0 saturated carbocycles. The number of rotatable bonds is 19. The standard InChI is InChI=1S/C34H39O8P.2Na/c1-3-5-7-9-11-13-15-17-19-20-22-24-26-28-33(35)40-30-32(31-41-43(37,38)39)42-34(36)29-27-25-23-21-18-16-14-12-10-8-6-4-2;;/h32H,4,6,8,10,12,14,16,18,21,23,25,27,29-31H2,1-2H3,(H2,37,38,39);;/q;2*+1/p-2/t32-;;/m0../s1. The fraction of sp³-hybridized carbons (Fsp3) is 0.529. The van der Waals surface area contributed by atoms with Crippen molar-refractivity contribution in [3.63, 3.8) is 0 Å². The van der Waals surface area contributed by atoms with Crippen molar-refractivity contribution in [2.24, 2.45) is 0 Å². The van der Waals surface area contributed by atoms with Crippen molar-refractivity contribution in [2.75, 3.05) is 13.2 Å². The molecule has 0 bridgehead atoms. The summed E-state index contributed by atoms with van der Waals surface area (Å²) in [6.07, 6.45) is 12.5. The van der Waals surface area contributed by atoms with Gasteiger partial charge in [-0.1, -0.05) is 83.5 Å². The summed E-state index contributed by atoms with van der Waals surface area (Å²) in [5, 5.41) is 0. The molecule has 0 aliphatic heterocycles. The van der Waals surface area contributed by atoms with Crippen LogP contribution >= 0.6 is 7.82 Å². The summed E-state index contributed by atoms with van der Waals surface area (Å²) in [6.45, 7) is 2.53. The molecule has 0 aromatic heterocycles. The summed E-state index contributed by atoms with van der Waals surface area (Å²) in [5.41, 5.74) is 0. The number of esters is 2. The first-order valence-corrected chi connectivity index (χ1v) is 15.7. The maximum atomic E-state index is 12.2. The van der Waals surface area contributed by atoms with Gasteiger partial charge in [0.05, 0.1) is 14.4 Å². The van der Waals surface area contributed by atoms with Crippen LogP contribution in [0.15, 0.2) is 0 Å². The number of carbonyl (C=O) groups excluding carboxylic acids is 2. The Balaban J connectivity index is -0.00000882. The van der Waals surface area contributed by atoms with Crippen LogP contribution in [0.4, 0.5) is 0 Å². The van der Waals surface area contributed by atoms with Crippen LogP contribution in [-0.2, 0) is 28.2 Å². The number of phosphoric acid groups is 1. The zero-order chi connectivity index (χ0) is 31.9. The molecule has 0 N–H and O–H groups in total. The molecule has 0 rings (SSSR count). The van der Waals surface area contributed by atoms with Gasteiger partial charge >= 0.3 is 71.1 Å². The molecule has 0 radical (unpaired) electrons. The maximum absolute atomic E-state index is 12.2. The number of hydrogen-bond acceptors (Lipinski definition) is 8. The molecule has 228 valence electrons. The molecule has 0 amide bonds. The molecule has 0 aromatic carbocycles. The van der Waals surface area contributed by atoms with Crippen LogP contribution in [0.1, 0.15) is 97.3 Å². The Labute approximate surface area is 313 Å². The minimum atomic E-state index is -5.32. The first-order valence-electron chi connectivity index (χ1n) is 14.2. The van der Waals surface area contributed by atoms with Gasteiger partial charge in [0.25, 0.3) is 0 Å². The second kappa shape index (κ2) is 34.8. The van der Waals surface area contributed by atoms with Gasteiger partial charge in [-0.2, -0.15) is 0 Å². The third-order valence-corrected chi connectivity index (χ3v) is 5.79. The summed E-state index contributed by atoms with van der Waals surface area (Å²) < 4.78 is 25.0. The molecular formula is C34H37Na2O8P. The van der Waals surface area contributed by atoms with Gasteiger partial charge in [-0.05, 0) is 84.4 Å². The summed E-state index contributed by atoms with van der Waals surface area (Å²) in [5.74, 6) is 32.1. The molecule has 0 aliphatic carbocycles. The van der Waals surface area contributed by atoms with Gasteiger partial charge in [-0.15, -0.1) is 0 Å². The van der Waals surface area contributed by atoms with E-state index in [-0.39, 0.29) is 65.5 Å². The van der Waals surface area contributed by atoms with Crippen molar-refractivity contribution in [1.82, 2.24) is 0 Å². The minimum absolute atomic E-state index is 0. The third kappa shape index (κ3) is 38.1. The van der Waals surface area contributed by atoms with E-state index >= 15 is 0 Å². The van der Waals surface area contributed by atoms with Crippen molar-refractivity contribution in [3.05, 3.63) is 0 Å². The van der Waals surface area contributed by atoms with Gasteiger partial charge in [0.15, 0.2) is 6.10 Å². The van der Waals surface area contributed by atoms with E-state index in [9.17, 15) is 23.9 Å². The molecule has 11 heteroatoms. The largest absolute Gasteiger partial charge is 1.00 e. The SMILES string of the molecule is CC#CC#CC#CC#CC#CC#CC#CC(=O)OC[C@@H](COP(=O)([O-])[O-])OC(=O)CCCCCCCCCCCCCC.[Na+].[Na+]. The summed E-state index contributed by atoms with van der Waals surface area (Å²) in [4.78, 5) is 45.7. The van der Waals surface area contributed by atoms with E-state index < -0.39 is 39.1 Å². The van der Waals surface area contributed by atoms with Gasteiger partial charge in [-0.25, -0.2) is 4.79 Å². The Hall–Kier alpha value is -2.03. The van der Waals surface area contributed by atoms with Crippen LogP contribution in [0.5, 0.6) is 0 Å². The predicted octanol–water partition coefficient (Wildman–Crippen LogP) is -2.57.